The Kier molecular flexibility index (Phi) is 8.05. The van der Waals surface area contributed by atoms with Crippen molar-refractivity contribution in [2.75, 3.05) is 11.1 Å². The molecule has 3 aromatic rings. The van der Waals surface area contributed by atoms with Gasteiger partial charge in [-0.05, 0) is 49.7 Å². The summed E-state index contributed by atoms with van der Waals surface area (Å²) in [6.07, 6.45) is 0. The Balaban J connectivity index is 1.61. The van der Waals surface area contributed by atoms with Crippen molar-refractivity contribution in [2.45, 2.75) is 25.0 Å². The van der Waals surface area contributed by atoms with Gasteiger partial charge in [0, 0.05) is 22.8 Å². The minimum absolute atomic E-state index is 0.138. The van der Waals surface area contributed by atoms with Crippen LogP contribution in [0.4, 0.5) is 5.69 Å². The monoisotopic (exact) mass is 511 g/mol. The molecule has 2 aromatic carbocycles. The number of amides is 2. The first-order chi connectivity index (χ1) is 15.2. The summed E-state index contributed by atoms with van der Waals surface area (Å²) in [5.41, 5.74) is 1.89. The van der Waals surface area contributed by atoms with Gasteiger partial charge in [0.25, 0.3) is 5.91 Å². The molecule has 0 bridgehead atoms. The summed E-state index contributed by atoms with van der Waals surface area (Å²) in [6.45, 7) is 3.68. The molecule has 7 nitrogen and oxygen atoms in total. The molecule has 1 aromatic heterocycles. The smallest absolute Gasteiger partial charge is 0.253 e. The maximum atomic E-state index is 12.6. The fourth-order valence-corrected chi connectivity index (χ4v) is 4.27. The van der Waals surface area contributed by atoms with Crippen LogP contribution in [0.3, 0.4) is 0 Å². The average molecular weight is 513 g/mol. The second-order valence-electron chi connectivity index (χ2n) is 7.02. The Morgan fingerprint density at radius 3 is 2.50 bits per heavy atom. The van der Waals surface area contributed by atoms with E-state index in [9.17, 15) is 9.59 Å². The predicted molar refractivity (Wildman–Crippen MR) is 129 cm³/mol. The van der Waals surface area contributed by atoms with Crippen LogP contribution in [-0.4, -0.2) is 32.3 Å². The Hall–Kier alpha value is -2.26. The maximum absolute atomic E-state index is 12.6. The highest BCUT2D eigenvalue weighted by Crippen LogP contribution is 2.24. The van der Waals surface area contributed by atoms with Gasteiger partial charge in [-0.1, -0.05) is 52.6 Å². The standard InChI is InChI=1S/C21H20Cl3N5O2S/c1-11-4-5-14(23)9-17(11)26-18(30)10-32-21-28-27-19(29(21)3)12(2)25-20(31)15-7-6-13(22)8-16(15)24/h4-9,12H,10H2,1-3H3,(H,25,31)(H,26,30)/t12-/m0/s1. The molecule has 1 heterocycles. The largest absolute Gasteiger partial charge is 0.342 e. The molecular weight excluding hydrogens is 493 g/mol. The molecule has 2 N–H and O–H groups in total. The number of carbonyl (C=O) groups is 2. The van der Waals surface area contributed by atoms with Crippen LogP contribution in [0.15, 0.2) is 41.6 Å². The summed E-state index contributed by atoms with van der Waals surface area (Å²) in [5, 5.41) is 15.8. The normalized spacial score (nSPS) is 11.8. The number of aryl methyl sites for hydroxylation is 1. The first-order valence-electron chi connectivity index (χ1n) is 9.49. The minimum Gasteiger partial charge on any atom is -0.342 e. The highest BCUT2D eigenvalue weighted by atomic mass is 35.5. The first-order valence-corrected chi connectivity index (χ1v) is 11.6. The molecule has 0 radical (unpaired) electrons. The predicted octanol–water partition coefficient (Wildman–Crippen LogP) is 5.31. The van der Waals surface area contributed by atoms with Crippen LogP contribution in [0.1, 0.15) is 34.7 Å². The van der Waals surface area contributed by atoms with Gasteiger partial charge in [-0.3, -0.25) is 9.59 Å². The van der Waals surface area contributed by atoms with Gasteiger partial charge in [0.1, 0.15) is 0 Å². The Morgan fingerprint density at radius 1 is 1.09 bits per heavy atom. The molecule has 0 unspecified atom stereocenters. The maximum Gasteiger partial charge on any atom is 0.253 e. The number of nitrogens with one attached hydrogen (secondary N) is 2. The van der Waals surface area contributed by atoms with Gasteiger partial charge < -0.3 is 15.2 Å². The third kappa shape index (κ3) is 5.95. The number of hydrogen-bond acceptors (Lipinski definition) is 5. The summed E-state index contributed by atoms with van der Waals surface area (Å²) in [5.74, 6) is 0.132. The number of carbonyl (C=O) groups excluding carboxylic acids is 2. The van der Waals surface area contributed by atoms with Crippen molar-refractivity contribution in [3.8, 4) is 0 Å². The van der Waals surface area contributed by atoms with Crippen LogP contribution < -0.4 is 10.6 Å². The lowest BCUT2D eigenvalue weighted by molar-refractivity contribution is -0.113. The summed E-state index contributed by atoms with van der Waals surface area (Å²) < 4.78 is 1.73. The molecule has 32 heavy (non-hydrogen) atoms. The van der Waals surface area contributed by atoms with Crippen LogP contribution >= 0.6 is 46.6 Å². The Morgan fingerprint density at radius 2 is 1.78 bits per heavy atom. The van der Waals surface area contributed by atoms with Crippen molar-refractivity contribution in [3.63, 3.8) is 0 Å². The number of halogens is 3. The molecule has 0 aliphatic carbocycles. The number of nitrogens with zero attached hydrogens (tertiary/aromatic N) is 3. The molecule has 0 spiro atoms. The highest BCUT2D eigenvalue weighted by molar-refractivity contribution is 7.99. The molecule has 0 aliphatic heterocycles. The van der Waals surface area contributed by atoms with Gasteiger partial charge in [0.05, 0.1) is 22.4 Å². The first kappa shape index (κ1) is 24.4. The Labute approximate surface area is 204 Å². The lowest BCUT2D eigenvalue weighted by atomic mass is 10.2. The van der Waals surface area contributed by atoms with Crippen LogP contribution in [0.25, 0.3) is 0 Å². The summed E-state index contributed by atoms with van der Waals surface area (Å²) in [6, 6.07) is 9.54. The van der Waals surface area contributed by atoms with Crippen molar-refractivity contribution in [1.29, 1.82) is 0 Å². The van der Waals surface area contributed by atoms with E-state index in [1.807, 2.05) is 13.0 Å². The van der Waals surface area contributed by atoms with Gasteiger partial charge in [-0.25, -0.2) is 0 Å². The molecule has 11 heteroatoms. The molecule has 168 valence electrons. The van der Waals surface area contributed by atoms with Gasteiger partial charge in [0.2, 0.25) is 5.91 Å². The molecule has 2 amide bonds. The van der Waals surface area contributed by atoms with E-state index in [0.29, 0.717) is 32.3 Å². The molecule has 0 saturated carbocycles. The third-order valence-electron chi connectivity index (χ3n) is 4.59. The number of thioether (sulfide) groups is 1. The van der Waals surface area contributed by atoms with Gasteiger partial charge in [-0.2, -0.15) is 0 Å². The van der Waals surface area contributed by atoms with Crippen molar-refractivity contribution < 1.29 is 9.59 Å². The zero-order chi connectivity index (χ0) is 23.4. The lowest BCUT2D eigenvalue weighted by Gasteiger charge is -2.14. The molecular formula is C21H20Cl3N5O2S. The molecule has 0 saturated heterocycles. The Bertz CT molecular complexity index is 1170. The van der Waals surface area contributed by atoms with Crippen molar-refractivity contribution >= 4 is 64.1 Å². The number of benzene rings is 2. The number of rotatable bonds is 7. The molecule has 0 aliphatic rings. The fourth-order valence-electron chi connectivity index (χ4n) is 2.89. The molecule has 3 rings (SSSR count). The van der Waals surface area contributed by atoms with E-state index in [2.05, 4.69) is 20.8 Å². The van der Waals surface area contributed by atoms with Gasteiger partial charge in [-0.15, -0.1) is 10.2 Å². The highest BCUT2D eigenvalue weighted by Gasteiger charge is 2.20. The number of anilines is 1. The SMILES string of the molecule is Cc1ccc(Cl)cc1NC(=O)CSc1nnc([C@H](C)NC(=O)c2ccc(Cl)cc2Cl)n1C. The summed E-state index contributed by atoms with van der Waals surface area (Å²) >= 11 is 19.2. The van der Waals surface area contributed by atoms with E-state index in [1.54, 1.807) is 42.8 Å². The van der Waals surface area contributed by atoms with Crippen molar-refractivity contribution in [1.82, 2.24) is 20.1 Å². The van der Waals surface area contributed by atoms with Crippen molar-refractivity contribution in [3.05, 3.63) is 68.4 Å². The second kappa shape index (κ2) is 10.6. The number of hydrogen-bond donors (Lipinski definition) is 2. The number of aromatic nitrogens is 3. The van der Waals surface area contributed by atoms with Crippen molar-refractivity contribution in [2.24, 2.45) is 7.05 Å². The zero-order valence-electron chi connectivity index (χ0n) is 17.4. The average Bonchev–Trinajstić information content (AvgIpc) is 3.09. The van der Waals surface area contributed by atoms with E-state index < -0.39 is 6.04 Å². The van der Waals surface area contributed by atoms with Crippen LogP contribution in [-0.2, 0) is 11.8 Å². The van der Waals surface area contributed by atoms with E-state index in [-0.39, 0.29) is 22.6 Å². The zero-order valence-corrected chi connectivity index (χ0v) is 20.5. The lowest BCUT2D eigenvalue weighted by Crippen LogP contribution is -2.28. The molecule has 1 atom stereocenters. The summed E-state index contributed by atoms with van der Waals surface area (Å²) in [4.78, 5) is 24.9. The van der Waals surface area contributed by atoms with Crippen LogP contribution in [0.2, 0.25) is 15.1 Å². The summed E-state index contributed by atoms with van der Waals surface area (Å²) in [7, 11) is 1.77. The van der Waals surface area contributed by atoms with Gasteiger partial charge >= 0.3 is 0 Å². The second-order valence-corrected chi connectivity index (χ2v) is 9.24. The van der Waals surface area contributed by atoms with Crippen LogP contribution in [0.5, 0.6) is 0 Å². The van der Waals surface area contributed by atoms with E-state index >= 15 is 0 Å². The van der Waals surface area contributed by atoms with E-state index in [4.69, 9.17) is 34.8 Å². The topological polar surface area (TPSA) is 88.9 Å². The fraction of sp³-hybridized carbons (Fsp3) is 0.238. The quantitative estimate of drug-likeness (QED) is 0.419. The van der Waals surface area contributed by atoms with E-state index in [0.717, 1.165) is 5.56 Å². The van der Waals surface area contributed by atoms with Crippen LogP contribution in [0, 0.1) is 6.92 Å². The molecule has 0 fully saturated rings. The minimum atomic E-state index is -0.441. The third-order valence-corrected chi connectivity index (χ3v) is 6.39. The van der Waals surface area contributed by atoms with E-state index in [1.165, 1.54) is 17.8 Å². The van der Waals surface area contributed by atoms with Gasteiger partial charge in [0.15, 0.2) is 11.0 Å².